The molecule has 4 rings (SSSR count). The summed E-state index contributed by atoms with van der Waals surface area (Å²) in [6, 6.07) is 7.56. The minimum Gasteiger partial charge on any atom is -0.354 e. The summed E-state index contributed by atoms with van der Waals surface area (Å²) in [6.45, 7) is 6.51. The van der Waals surface area contributed by atoms with E-state index in [2.05, 4.69) is 15.1 Å². The van der Waals surface area contributed by atoms with Crippen LogP contribution in [0.4, 0.5) is 19.0 Å². The number of nitrogens with zero attached hydrogens (tertiary/aromatic N) is 6. The summed E-state index contributed by atoms with van der Waals surface area (Å²) in [4.78, 5) is 10.5. The van der Waals surface area contributed by atoms with E-state index < -0.39 is 21.8 Å². The van der Waals surface area contributed by atoms with Crippen LogP contribution in [0.5, 0.6) is 0 Å². The molecule has 0 N–H and O–H groups in total. The Bertz CT molecular complexity index is 1280. The van der Waals surface area contributed by atoms with Gasteiger partial charge in [-0.2, -0.15) is 22.6 Å². The van der Waals surface area contributed by atoms with Crippen LogP contribution in [0.25, 0.3) is 5.82 Å². The van der Waals surface area contributed by atoms with E-state index in [9.17, 15) is 21.6 Å². The quantitative estimate of drug-likeness (QED) is 0.571. The van der Waals surface area contributed by atoms with Crippen molar-refractivity contribution in [1.82, 2.24) is 24.1 Å². The molecule has 0 radical (unpaired) electrons. The Morgan fingerprint density at radius 1 is 0.909 bits per heavy atom. The van der Waals surface area contributed by atoms with Gasteiger partial charge in [-0.3, -0.25) is 0 Å². The molecule has 8 nitrogen and oxygen atoms in total. The van der Waals surface area contributed by atoms with Crippen molar-refractivity contribution in [2.45, 2.75) is 31.8 Å². The number of aromatic nitrogens is 4. The zero-order valence-corrected chi connectivity index (χ0v) is 19.2. The monoisotopic (exact) mass is 480 g/mol. The van der Waals surface area contributed by atoms with Gasteiger partial charge < -0.3 is 4.90 Å². The maximum atomic E-state index is 13.0. The Labute approximate surface area is 189 Å². The normalized spacial score (nSPS) is 15.8. The lowest BCUT2D eigenvalue weighted by Gasteiger charge is -2.34. The fraction of sp³-hybridized carbons (Fsp3) is 0.381. The molecule has 1 aromatic carbocycles. The number of benzene rings is 1. The Balaban J connectivity index is 1.53. The molecule has 0 aliphatic carbocycles. The maximum Gasteiger partial charge on any atom is 0.416 e. The predicted molar refractivity (Wildman–Crippen MR) is 116 cm³/mol. The van der Waals surface area contributed by atoms with E-state index in [4.69, 9.17) is 0 Å². The van der Waals surface area contributed by atoms with Gasteiger partial charge in [-0.05, 0) is 45.0 Å². The number of sulfonamides is 1. The topological polar surface area (TPSA) is 84.2 Å². The molecule has 0 atom stereocenters. The third kappa shape index (κ3) is 4.71. The number of alkyl halides is 3. The van der Waals surface area contributed by atoms with E-state index >= 15 is 0 Å². The standard InChI is InChI=1S/C21H23F3N6O2S/c1-14-11-15(2)30(27-14)20-13-19(25-16(3)26-20)28-7-9-29(10-8-28)33(31,32)18-6-4-5-17(12-18)21(22,23)24/h4-6,11-13H,7-10H2,1-3H3. The lowest BCUT2D eigenvalue weighted by atomic mass is 10.2. The second-order valence-electron chi connectivity index (χ2n) is 7.89. The van der Waals surface area contributed by atoms with Crippen LogP contribution in [-0.2, 0) is 16.2 Å². The van der Waals surface area contributed by atoms with Crippen molar-refractivity contribution in [2.24, 2.45) is 0 Å². The fourth-order valence-electron chi connectivity index (χ4n) is 3.81. The summed E-state index contributed by atoms with van der Waals surface area (Å²) in [7, 11) is -4.05. The molecule has 1 aliphatic rings. The average molecular weight is 481 g/mol. The third-order valence-electron chi connectivity index (χ3n) is 5.40. The second-order valence-corrected chi connectivity index (χ2v) is 9.83. The van der Waals surface area contributed by atoms with Crippen LogP contribution in [-0.4, -0.2) is 58.7 Å². The molecule has 0 bridgehead atoms. The Morgan fingerprint density at radius 3 is 2.18 bits per heavy atom. The van der Waals surface area contributed by atoms with Crippen LogP contribution >= 0.6 is 0 Å². The number of hydrogen-bond acceptors (Lipinski definition) is 6. The van der Waals surface area contributed by atoms with Crippen molar-refractivity contribution >= 4 is 15.8 Å². The average Bonchev–Trinajstić information content (AvgIpc) is 3.11. The largest absolute Gasteiger partial charge is 0.416 e. The Kier molecular flexibility index (Phi) is 5.91. The molecule has 3 aromatic rings. The van der Waals surface area contributed by atoms with Crippen molar-refractivity contribution in [3.8, 4) is 5.82 Å². The molecule has 0 unspecified atom stereocenters. The van der Waals surface area contributed by atoms with Crippen LogP contribution in [0.15, 0.2) is 41.3 Å². The number of aryl methyl sites for hydroxylation is 3. The first-order valence-electron chi connectivity index (χ1n) is 10.3. The van der Waals surface area contributed by atoms with Gasteiger partial charge >= 0.3 is 6.18 Å². The molecule has 1 saturated heterocycles. The summed E-state index contributed by atoms with van der Waals surface area (Å²) in [5.74, 6) is 1.80. The van der Waals surface area contributed by atoms with E-state index in [0.29, 0.717) is 36.6 Å². The fourth-order valence-corrected chi connectivity index (χ4v) is 5.28. The van der Waals surface area contributed by atoms with Gasteiger partial charge in [-0.1, -0.05) is 6.07 Å². The molecule has 176 valence electrons. The van der Waals surface area contributed by atoms with Crippen molar-refractivity contribution in [3.05, 3.63) is 59.2 Å². The van der Waals surface area contributed by atoms with Crippen molar-refractivity contribution in [1.29, 1.82) is 0 Å². The molecule has 1 fully saturated rings. The Hall–Kier alpha value is -2.99. The first kappa shape index (κ1) is 23.2. The molecule has 12 heteroatoms. The van der Waals surface area contributed by atoms with Crippen LogP contribution in [0.2, 0.25) is 0 Å². The number of piperazine rings is 1. The zero-order valence-electron chi connectivity index (χ0n) is 18.3. The van der Waals surface area contributed by atoms with Crippen LogP contribution in [0.3, 0.4) is 0 Å². The first-order valence-corrected chi connectivity index (χ1v) is 11.7. The van der Waals surface area contributed by atoms with Crippen molar-refractivity contribution < 1.29 is 21.6 Å². The van der Waals surface area contributed by atoms with Crippen molar-refractivity contribution in [3.63, 3.8) is 0 Å². The lowest BCUT2D eigenvalue weighted by molar-refractivity contribution is -0.137. The molecular formula is C21H23F3N6O2S. The number of hydrogen-bond donors (Lipinski definition) is 0. The van der Waals surface area contributed by atoms with Gasteiger partial charge in [0, 0.05) is 37.9 Å². The number of rotatable bonds is 4. The van der Waals surface area contributed by atoms with Gasteiger partial charge in [0.05, 0.1) is 16.2 Å². The predicted octanol–water partition coefficient (Wildman–Crippen LogP) is 3.12. The highest BCUT2D eigenvalue weighted by atomic mass is 32.2. The van der Waals surface area contributed by atoms with Crippen LogP contribution in [0.1, 0.15) is 22.8 Å². The first-order chi connectivity index (χ1) is 15.4. The van der Waals surface area contributed by atoms with Gasteiger partial charge in [0.1, 0.15) is 11.6 Å². The summed E-state index contributed by atoms with van der Waals surface area (Å²) < 4.78 is 67.9. The maximum absolute atomic E-state index is 13.0. The van der Waals surface area contributed by atoms with Crippen LogP contribution in [0, 0.1) is 20.8 Å². The van der Waals surface area contributed by atoms with Gasteiger partial charge in [-0.15, -0.1) is 0 Å². The Morgan fingerprint density at radius 2 is 1.58 bits per heavy atom. The molecule has 3 heterocycles. The van der Waals surface area contributed by atoms with Crippen LogP contribution < -0.4 is 4.90 Å². The van der Waals surface area contributed by atoms with E-state index in [1.807, 2.05) is 24.8 Å². The molecular weight excluding hydrogens is 457 g/mol. The molecule has 0 saturated carbocycles. The van der Waals surface area contributed by atoms with Gasteiger partial charge in [0.25, 0.3) is 0 Å². The van der Waals surface area contributed by atoms with Gasteiger partial charge in [0.2, 0.25) is 10.0 Å². The van der Waals surface area contributed by atoms with Crippen molar-refractivity contribution in [2.75, 3.05) is 31.1 Å². The second kappa shape index (κ2) is 8.41. The third-order valence-corrected chi connectivity index (χ3v) is 7.29. The van der Waals surface area contributed by atoms with E-state index in [0.717, 1.165) is 23.5 Å². The smallest absolute Gasteiger partial charge is 0.354 e. The summed E-state index contributed by atoms with van der Waals surface area (Å²) in [6.07, 6.45) is -4.61. The van der Waals surface area contributed by atoms with E-state index in [-0.39, 0.29) is 18.0 Å². The highest BCUT2D eigenvalue weighted by Crippen LogP contribution is 2.31. The van der Waals surface area contributed by atoms with E-state index in [1.165, 1.54) is 10.4 Å². The van der Waals surface area contributed by atoms with Gasteiger partial charge in [0.15, 0.2) is 5.82 Å². The molecule has 1 aliphatic heterocycles. The zero-order chi connectivity index (χ0) is 24.0. The SMILES string of the molecule is Cc1cc(C)n(-c2cc(N3CCN(S(=O)(=O)c4cccc(C(F)(F)F)c4)CC3)nc(C)n2)n1. The summed E-state index contributed by atoms with van der Waals surface area (Å²) in [5.41, 5.74) is 0.794. The molecule has 33 heavy (non-hydrogen) atoms. The highest BCUT2D eigenvalue weighted by Gasteiger charge is 2.34. The highest BCUT2D eigenvalue weighted by molar-refractivity contribution is 7.89. The van der Waals surface area contributed by atoms with Gasteiger partial charge in [-0.25, -0.2) is 23.1 Å². The molecule has 0 spiro atoms. The number of halogens is 3. The minimum absolute atomic E-state index is 0.122. The molecule has 2 aromatic heterocycles. The summed E-state index contributed by atoms with van der Waals surface area (Å²) in [5, 5.41) is 4.45. The lowest BCUT2D eigenvalue weighted by Crippen LogP contribution is -2.49. The summed E-state index contributed by atoms with van der Waals surface area (Å²) >= 11 is 0. The number of anilines is 1. The van der Waals surface area contributed by atoms with E-state index in [1.54, 1.807) is 17.7 Å². The minimum atomic E-state index is -4.61. The molecule has 0 amide bonds.